The number of hydrogen-bond acceptors (Lipinski definition) is 2. The summed E-state index contributed by atoms with van der Waals surface area (Å²) in [6.45, 7) is 5.79. The summed E-state index contributed by atoms with van der Waals surface area (Å²) in [6, 6.07) is 0. The van der Waals surface area contributed by atoms with E-state index in [9.17, 15) is 0 Å². The van der Waals surface area contributed by atoms with Crippen LogP contribution in [0, 0.1) is 5.92 Å². The molecular formula is C12H21N3. The average Bonchev–Trinajstić information content (AvgIpc) is 2.77. The van der Waals surface area contributed by atoms with Gasteiger partial charge in [-0.1, -0.05) is 13.8 Å². The van der Waals surface area contributed by atoms with E-state index in [1.807, 2.05) is 17.9 Å². The second-order valence-corrected chi connectivity index (χ2v) is 5.04. The quantitative estimate of drug-likeness (QED) is 0.818. The summed E-state index contributed by atoms with van der Waals surface area (Å²) in [7, 11) is 1.98. The predicted molar refractivity (Wildman–Crippen MR) is 61.7 cm³/mol. The second-order valence-electron chi connectivity index (χ2n) is 5.04. The van der Waals surface area contributed by atoms with Crippen molar-refractivity contribution in [2.24, 2.45) is 13.0 Å². The van der Waals surface area contributed by atoms with Crippen LogP contribution in [0.2, 0.25) is 0 Å². The highest BCUT2D eigenvalue weighted by molar-refractivity contribution is 5.12. The smallest absolute Gasteiger partial charge is 0.0522 e. The Hall–Kier alpha value is -0.830. The van der Waals surface area contributed by atoms with Crippen LogP contribution in [0.5, 0.6) is 0 Å². The molecule has 1 unspecified atom stereocenters. The third-order valence-electron chi connectivity index (χ3n) is 3.66. The molecule has 1 aromatic rings. The van der Waals surface area contributed by atoms with Crippen molar-refractivity contribution in [3.8, 4) is 0 Å². The number of rotatable bonds is 3. The molecule has 3 nitrogen and oxygen atoms in total. The van der Waals surface area contributed by atoms with Gasteiger partial charge in [-0.2, -0.15) is 5.10 Å². The summed E-state index contributed by atoms with van der Waals surface area (Å²) in [6.07, 6.45) is 7.82. The van der Waals surface area contributed by atoms with Crippen molar-refractivity contribution in [3.63, 3.8) is 0 Å². The lowest BCUT2D eigenvalue weighted by Crippen LogP contribution is -2.46. The van der Waals surface area contributed by atoms with Crippen molar-refractivity contribution >= 4 is 0 Å². The monoisotopic (exact) mass is 207 g/mol. The highest BCUT2D eigenvalue weighted by Crippen LogP contribution is 2.31. The average molecular weight is 207 g/mol. The summed E-state index contributed by atoms with van der Waals surface area (Å²) in [5.74, 6) is 0.681. The van der Waals surface area contributed by atoms with Gasteiger partial charge < -0.3 is 5.32 Å². The molecule has 0 aliphatic carbocycles. The van der Waals surface area contributed by atoms with E-state index in [1.54, 1.807) is 0 Å². The fraction of sp³-hybridized carbons (Fsp3) is 0.750. The standard InChI is InChI=1S/C12H21N3/c1-10(2)12(5-4-6-13-12)7-11-8-14-15(3)9-11/h8-10,13H,4-7H2,1-3H3. The first-order chi connectivity index (χ1) is 7.12. The van der Waals surface area contributed by atoms with Gasteiger partial charge in [-0.05, 0) is 37.3 Å². The highest BCUT2D eigenvalue weighted by Gasteiger charge is 2.36. The molecule has 3 heteroatoms. The van der Waals surface area contributed by atoms with Crippen LogP contribution in [-0.2, 0) is 13.5 Å². The fourth-order valence-corrected chi connectivity index (χ4v) is 2.60. The van der Waals surface area contributed by atoms with Gasteiger partial charge in [0.25, 0.3) is 0 Å². The van der Waals surface area contributed by atoms with Gasteiger partial charge in [0.15, 0.2) is 0 Å². The van der Waals surface area contributed by atoms with E-state index in [4.69, 9.17) is 0 Å². The zero-order valence-corrected chi connectivity index (χ0v) is 9.95. The SMILES string of the molecule is CC(C)C1(Cc2cnn(C)c2)CCCN1. The summed E-state index contributed by atoms with van der Waals surface area (Å²) < 4.78 is 1.89. The molecule has 0 bridgehead atoms. The van der Waals surface area contributed by atoms with Crippen molar-refractivity contribution in [3.05, 3.63) is 18.0 Å². The number of nitrogens with zero attached hydrogens (tertiary/aromatic N) is 2. The molecule has 1 fully saturated rings. The first-order valence-corrected chi connectivity index (χ1v) is 5.85. The number of aryl methyl sites for hydroxylation is 1. The van der Waals surface area contributed by atoms with Crippen molar-refractivity contribution in [1.29, 1.82) is 0 Å². The fourth-order valence-electron chi connectivity index (χ4n) is 2.60. The Morgan fingerprint density at radius 1 is 1.60 bits per heavy atom. The van der Waals surface area contributed by atoms with Crippen LogP contribution in [0.15, 0.2) is 12.4 Å². The van der Waals surface area contributed by atoms with Crippen LogP contribution in [0.3, 0.4) is 0 Å². The molecule has 0 amide bonds. The number of nitrogens with one attached hydrogen (secondary N) is 1. The van der Waals surface area contributed by atoms with Crippen LogP contribution < -0.4 is 5.32 Å². The van der Waals surface area contributed by atoms with Crippen molar-refractivity contribution in [2.45, 2.75) is 38.6 Å². The molecule has 0 saturated carbocycles. The summed E-state index contributed by atoms with van der Waals surface area (Å²) >= 11 is 0. The normalized spacial score (nSPS) is 26.4. The second kappa shape index (κ2) is 3.97. The van der Waals surface area contributed by atoms with E-state index in [1.165, 1.54) is 24.9 Å². The van der Waals surface area contributed by atoms with E-state index >= 15 is 0 Å². The Morgan fingerprint density at radius 3 is 2.87 bits per heavy atom. The molecule has 1 aliphatic heterocycles. The molecule has 1 N–H and O–H groups in total. The molecule has 0 spiro atoms. The maximum absolute atomic E-state index is 4.24. The van der Waals surface area contributed by atoms with E-state index < -0.39 is 0 Å². The minimum atomic E-state index is 0.309. The van der Waals surface area contributed by atoms with Gasteiger partial charge in [0.05, 0.1) is 6.20 Å². The first-order valence-electron chi connectivity index (χ1n) is 5.85. The third kappa shape index (κ3) is 2.07. The number of aromatic nitrogens is 2. The molecule has 0 aromatic carbocycles. The molecule has 2 heterocycles. The van der Waals surface area contributed by atoms with E-state index in [0.29, 0.717) is 11.5 Å². The van der Waals surface area contributed by atoms with Crippen LogP contribution >= 0.6 is 0 Å². The van der Waals surface area contributed by atoms with E-state index in [2.05, 4.69) is 30.5 Å². The minimum absolute atomic E-state index is 0.309. The molecule has 1 saturated heterocycles. The zero-order chi connectivity index (χ0) is 10.9. The largest absolute Gasteiger partial charge is 0.311 e. The van der Waals surface area contributed by atoms with Gasteiger partial charge in [0, 0.05) is 18.8 Å². The van der Waals surface area contributed by atoms with Gasteiger partial charge >= 0.3 is 0 Å². The summed E-state index contributed by atoms with van der Waals surface area (Å²) in [5.41, 5.74) is 1.66. The summed E-state index contributed by atoms with van der Waals surface area (Å²) in [5, 5.41) is 7.93. The van der Waals surface area contributed by atoms with Gasteiger partial charge in [0.1, 0.15) is 0 Å². The Balaban J connectivity index is 2.13. The molecule has 0 radical (unpaired) electrons. The molecule has 1 aliphatic rings. The molecular weight excluding hydrogens is 186 g/mol. The van der Waals surface area contributed by atoms with Gasteiger partial charge in [-0.3, -0.25) is 4.68 Å². The molecule has 2 rings (SSSR count). The van der Waals surface area contributed by atoms with Crippen molar-refractivity contribution in [1.82, 2.24) is 15.1 Å². The molecule has 1 aromatic heterocycles. The Bertz CT molecular complexity index is 321. The van der Waals surface area contributed by atoms with Crippen molar-refractivity contribution < 1.29 is 0 Å². The van der Waals surface area contributed by atoms with Gasteiger partial charge in [-0.15, -0.1) is 0 Å². The number of hydrogen-bond donors (Lipinski definition) is 1. The lowest BCUT2D eigenvalue weighted by atomic mass is 9.80. The minimum Gasteiger partial charge on any atom is -0.311 e. The first kappa shape index (κ1) is 10.7. The Labute approximate surface area is 91.9 Å². The van der Waals surface area contributed by atoms with Crippen LogP contribution in [0.1, 0.15) is 32.3 Å². The lowest BCUT2D eigenvalue weighted by molar-refractivity contribution is 0.269. The van der Waals surface area contributed by atoms with E-state index in [-0.39, 0.29) is 0 Å². The Kier molecular flexibility index (Phi) is 2.83. The third-order valence-corrected chi connectivity index (χ3v) is 3.66. The van der Waals surface area contributed by atoms with Gasteiger partial charge in [0.2, 0.25) is 0 Å². The van der Waals surface area contributed by atoms with Crippen LogP contribution in [0.4, 0.5) is 0 Å². The maximum Gasteiger partial charge on any atom is 0.0522 e. The molecule has 84 valence electrons. The van der Waals surface area contributed by atoms with Gasteiger partial charge in [-0.25, -0.2) is 0 Å². The molecule has 15 heavy (non-hydrogen) atoms. The zero-order valence-electron chi connectivity index (χ0n) is 9.95. The molecule has 1 atom stereocenters. The highest BCUT2D eigenvalue weighted by atomic mass is 15.2. The van der Waals surface area contributed by atoms with E-state index in [0.717, 1.165) is 6.42 Å². The summed E-state index contributed by atoms with van der Waals surface area (Å²) in [4.78, 5) is 0. The van der Waals surface area contributed by atoms with Crippen molar-refractivity contribution in [2.75, 3.05) is 6.54 Å². The topological polar surface area (TPSA) is 29.9 Å². The predicted octanol–water partition coefficient (Wildman–Crippen LogP) is 1.74. The van der Waals surface area contributed by atoms with Crippen LogP contribution in [-0.4, -0.2) is 21.9 Å². The Morgan fingerprint density at radius 2 is 2.40 bits per heavy atom. The maximum atomic E-state index is 4.24. The lowest BCUT2D eigenvalue weighted by Gasteiger charge is -2.33. The van der Waals surface area contributed by atoms with Crippen LogP contribution in [0.25, 0.3) is 0 Å².